The first kappa shape index (κ1) is 23.6. The molecule has 0 saturated heterocycles. The molecule has 0 aromatic heterocycles. The van der Waals surface area contributed by atoms with E-state index in [0.717, 1.165) is 0 Å². The summed E-state index contributed by atoms with van der Waals surface area (Å²) in [7, 11) is 0. The van der Waals surface area contributed by atoms with Crippen molar-refractivity contribution in [1.82, 2.24) is 0 Å². The van der Waals surface area contributed by atoms with Crippen molar-refractivity contribution in [2.24, 2.45) is 5.41 Å². The molecule has 0 aromatic rings. The van der Waals surface area contributed by atoms with Gasteiger partial charge >= 0.3 is 23.9 Å². The molecule has 1 aliphatic carbocycles. The van der Waals surface area contributed by atoms with Gasteiger partial charge in [0, 0.05) is 0 Å². The quantitative estimate of drug-likeness (QED) is 0.275. The third kappa shape index (κ3) is 7.67. The average molecular weight is 372 g/mol. The highest BCUT2D eigenvalue weighted by atomic mass is 16.6. The zero-order chi connectivity index (χ0) is 20.0. The van der Waals surface area contributed by atoms with Gasteiger partial charge in [0.25, 0.3) is 0 Å². The largest absolute Gasteiger partial charge is 0.466 e. The number of carbonyl (C=O) groups excluding carboxylic acids is 4. The van der Waals surface area contributed by atoms with E-state index in [2.05, 4.69) is 9.47 Å². The van der Waals surface area contributed by atoms with Gasteiger partial charge in [-0.15, -0.1) is 0 Å². The lowest BCUT2D eigenvalue weighted by Crippen LogP contribution is -2.40. The van der Waals surface area contributed by atoms with Crippen LogP contribution in [0.2, 0.25) is 0 Å². The second-order valence-corrected chi connectivity index (χ2v) is 5.19. The lowest BCUT2D eigenvalue weighted by atomic mass is 9.85. The molecule has 148 valence electrons. The molecule has 26 heavy (non-hydrogen) atoms. The highest BCUT2D eigenvalue weighted by Crippen LogP contribution is 2.36. The predicted molar refractivity (Wildman–Crippen MR) is 92.0 cm³/mol. The van der Waals surface area contributed by atoms with Crippen molar-refractivity contribution in [2.45, 2.75) is 47.0 Å². The van der Waals surface area contributed by atoms with Gasteiger partial charge in [0.05, 0.1) is 26.4 Å². The van der Waals surface area contributed by atoms with Crippen LogP contribution in [0, 0.1) is 5.41 Å². The number of rotatable bonds is 8. The highest BCUT2D eigenvalue weighted by molar-refractivity contribution is 6.01. The van der Waals surface area contributed by atoms with Crippen molar-refractivity contribution in [3.8, 4) is 0 Å². The summed E-state index contributed by atoms with van der Waals surface area (Å²) in [5, 5.41) is 0. The van der Waals surface area contributed by atoms with E-state index in [1.807, 2.05) is 12.2 Å². The van der Waals surface area contributed by atoms with Crippen LogP contribution in [-0.2, 0) is 38.1 Å². The van der Waals surface area contributed by atoms with Gasteiger partial charge in [0.2, 0.25) is 0 Å². The summed E-state index contributed by atoms with van der Waals surface area (Å²) in [5.74, 6) is -2.03. The van der Waals surface area contributed by atoms with Gasteiger partial charge in [-0.05, 0) is 40.5 Å². The van der Waals surface area contributed by atoms with Crippen LogP contribution in [0.1, 0.15) is 47.0 Å². The number of allylic oxidation sites excluding steroid dienone is 2. The minimum Gasteiger partial charge on any atom is -0.466 e. The van der Waals surface area contributed by atoms with E-state index in [1.165, 1.54) is 0 Å². The van der Waals surface area contributed by atoms with Crippen LogP contribution >= 0.6 is 0 Å². The summed E-state index contributed by atoms with van der Waals surface area (Å²) in [6.45, 7) is 7.95. The van der Waals surface area contributed by atoms with Crippen molar-refractivity contribution >= 4 is 23.9 Å². The molecular formula is C18H28O8. The van der Waals surface area contributed by atoms with E-state index in [-0.39, 0.29) is 32.8 Å². The van der Waals surface area contributed by atoms with Crippen LogP contribution in [0.25, 0.3) is 0 Å². The van der Waals surface area contributed by atoms with E-state index in [1.54, 1.807) is 27.7 Å². The number of carbonyl (C=O) groups is 4. The number of hydrogen-bond donors (Lipinski definition) is 0. The van der Waals surface area contributed by atoms with Gasteiger partial charge < -0.3 is 18.9 Å². The summed E-state index contributed by atoms with van der Waals surface area (Å²) in [5.41, 5.74) is -1.12. The van der Waals surface area contributed by atoms with E-state index < -0.39 is 29.3 Å². The second kappa shape index (κ2) is 12.9. The number of hydrogen-bond acceptors (Lipinski definition) is 8. The van der Waals surface area contributed by atoms with Crippen molar-refractivity contribution in [3.63, 3.8) is 0 Å². The van der Waals surface area contributed by atoms with Crippen LogP contribution in [0.3, 0.4) is 0 Å². The number of ether oxygens (including phenoxy) is 4. The highest BCUT2D eigenvalue weighted by Gasteiger charge is 2.48. The molecular weight excluding hydrogens is 344 g/mol. The first-order valence-electron chi connectivity index (χ1n) is 8.68. The van der Waals surface area contributed by atoms with Crippen molar-refractivity contribution in [3.05, 3.63) is 12.2 Å². The molecule has 0 spiro atoms. The molecule has 0 radical (unpaired) electrons. The minimum atomic E-state index is -1.12. The van der Waals surface area contributed by atoms with Gasteiger partial charge in [-0.2, -0.15) is 0 Å². The van der Waals surface area contributed by atoms with Crippen molar-refractivity contribution in [2.75, 3.05) is 26.4 Å². The molecule has 8 heteroatoms. The summed E-state index contributed by atoms with van der Waals surface area (Å²) in [6, 6.07) is 0. The predicted octanol–water partition coefficient (Wildman–Crippen LogP) is 1.95. The molecule has 0 aromatic carbocycles. The Hall–Kier alpha value is -2.38. The molecule has 0 N–H and O–H groups in total. The Balaban J connectivity index is 0.000000508. The van der Waals surface area contributed by atoms with Gasteiger partial charge in [0.15, 0.2) is 5.41 Å². The molecule has 0 fully saturated rings. The monoisotopic (exact) mass is 372 g/mol. The van der Waals surface area contributed by atoms with Crippen LogP contribution in [0.15, 0.2) is 12.2 Å². The molecule has 1 aliphatic rings. The third-order valence-corrected chi connectivity index (χ3v) is 3.33. The summed E-state index contributed by atoms with van der Waals surface area (Å²) >= 11 is 0. The molecule has 0 atom stereocenters. The first-order valence-corrected chi connectivity index (χ1v) is 8.68. The van der Waals surface area contributed by atoms with Gasteiger partial charge in [0.1, 0.15) is 6.42 Å². The first-order chi connectivity index (χ1) is 12.4. The summed E-state index contributed by atoms with van der Waals surface area (Å²) < 4.78 is 18.9. The van der Waals surface area contributed by atoms with Gasteiger partial charge in [-0.1, -0.05) is 12.2 Å². The fraction of sp³-hybridized carbons (Fsp3) is 0.667. The van der Waals surface area contributed by atoms with E-state index in [0.29, 0.717) is 12.8 Å². The maximum absolute atomic E-state index is 11.7. The van der Waals surface area contributed by atoms with Gasteiger partial charge in [-0.3, -0.25) is 19.2 Å². The molecule has 0 saturated carbocycles. The minimum absolute atomic E-state index is 0.278. The Morgan fingerprint density at radius 1 is 0.692 bits per heavy atom. The van der Waals surface area contributed by atoms with Crippen molar-refractivity contribution < 1.29 is 38.1 Å². The Labute approximate surface area is 153 Å². The normalized spacial score (nSPS) is 13.8. The van der Waals surface area contributed by atoms with Crippen LogP contribution < -0.4 is 0 Å². The van der Waals surface area contributed by atoms with E-state index in [4.69, 9.17) is 9.47 Å². The van der Waals surface area contributed by atoms with E-state index in [9.17, 15) is 19.2 Å². The molecule has 0 heterocycles. The maximum atomic E-state index is 11.7. The van der Waals surface area contributed by atoms with Gasteiger partial charge in [-0.25, -0.2) is 0 Å². The van der Waals surface area contributed by atoms with Crippen LogP contribution in [-0.4, -0.2) is 50.3 Å². The Morgan fingerprint density at radius 3 is 1.35 bits per heavy atom. The average Bonchev–Trinajstić information content (AvgIpc) is 3.07. The van der Waals surface area contributed by atoms with E-state index >= 15 is 0 Å². The SMILES string of the molecule is CCOC(=O)C1(C(=O)OCC)CC=CC1.CCOC(=O)CC(=O)OCC. The Morgan fingerprint density at radius 2 is 1.04 bits per heavy atom. The topological polar surface area (TPSA) is 105 Å². The molecule has 1 rings (SSSR count). The third-order valence-electron chi connectivity index (χ3n) is 3.33. The molecule has 0 aliphatic heterocycles. The summed E-state index contributed by atoms with van der Waals surface area (Å²) in [6.07, 6.45) is 4.10. The zero-order valence-electron chi connectivity index (χ0n) is 15.9. The fourth-order valence-corrected chi connectivity index (χ4v) is 2.15. The fourth-order valence-electron chi connectivity index (χ4n) is 2.15. The second-order valence-electron chi connectivity index (χ2n) is 5.19. The summed E-state index contributed by atoms with van der Waals surface area (Å²) in [4.78, 5) is 44.7. The Kier molecular flexibility index (Phi) is 11.7. The molecule has 0 amide bonds. The van der Waals surface area contributed by atoms with Crippen LogP contribution in [0.5, 0.6) is 0 Å². The lowest BCUT2D eigenvalue weighted by Gasteiger charge is -2.23. The lowest BCUT2D eigenvalue weighted by molar-refractivity contribution is -0.171. The standard InChI is InChI=1S/C11H16O4.C7H12O4/c1-3-14-9(12)11(7-5-6-8-11)10(13)15-4-2;1-3-10-6(8)5-7(9)11-4-2/h5-6H,3-4,7-8H2,1-2H3;3-5H2,1-2H3. The number of esters is 4. The molecule has 0 unspecified atom stereocenters. The van der Waals surface area contributed by atoms with Crippen LogP contribution in [0.4, 0.5) is 0 Å². The Bertz CT molecular complexity index is 465. The molecule has 8 nitrogen and oxygen atoms in total. The maximum Gasteiger partial charge on any atom is 0.324 e. The van der Waals surface area contributed by atoms with Crippen molar-refractivity contribution in [1.29, 1.82) is 0 Å². The molecule has 0 bridgehead atoms. The zero-order valence-corrected chi connectivity index (χ0v) is 15.9. The smallest absolute Gasteiger partial charge is 0.324 e.